The molecule has 0 bridgehead atoms. The number of carboxylic acid groups (broad SMARTS) is 4. The molecule has 2 aliphatic heterocycles. The van der Waals surface area contributed by atoms with Gasteiger partial charge in [0, 0.05) is 48.3 Å². The summed E-state index contributed by atoms with van der Waals surface area (Å²) in [4.78, 5) is 66.1. The Bertz CT molecular complexity index is 1580. The van der Waals surface area contributed by atoms with Crippen molar-refractivity contribution >= 4 is 63.1 Å². The molecule has 0 fully saturated rings. The van der Waals surface area contributed by atoms with Crippen LogP contribution in [0.2, 0.25) is 0 Å². The van der Waals surface area contributed by atoms with Gasteiger partial charge in [0.1, 0.15) is 5.69 Å². The van der Waals surface area contributed by atoms with E-state index in [0.29, 0.717) is 11.0 Å². The normalized spacial score (nSPS) is 17.5. The minimum absolute atomic E-state index is 0.00339. The van der Waals surface area contributed by atoms with Gasteiger partial charge in [0.2, 0.25) is 5.72 Å². The molecule has 16 nitrogen and oxygen atoms in total. The zero-order valence-electron chi connectivity index (χ0n) is 24.9. The Kier molecular flexibility index (Phi) is 9.98. The minimum atomic E-state index is -1.44. The molecular formula is C29H32BrN5O11. The first-order valence-corrected chi connectivity index (χ1v) is 15.0. The third-order valence-electron chi connectivity index (χ3n) is 7.93. The number of carbonyl (C=O) groups is 4. The maximum Gasteiger partial charge on any atom is 0.317 e. The van der Waals surface area contributed by atoms with Crippen molar-refractivity contribution in [2.75, 3.05) is 44.2 Å². The number of hydrogen-bond acceptors (Lipinski definition) is 11. The zero-order valence-corrected chi connectivity index (χ0v) is 26.5. The molecule has 0 radical (unpaired) electrons. The van der Waals surface area contributed by atoms with Gasteiger partial charge >= 0.3 is 23.9 Å². The number of halogens is 1. The van der Waals surface area contributed by atoms with E-state index >= 15 is 0 Å². The number of anilines is 1. The summed E-state index contributed by atoms with van der Waals surface area (Å²) in [5.74, 6) is -4.94. The summed E-state index contributed by atoms with van der Waals surface area (Å²) in [5.41, 5.74) is 0.0168. The van der Waals surface area contributed by atoms with Gasteiger partial charge < -0.3 is 30.1 Å². The number of nitrogens with zero attached hydrogens (tertiary/aromatic N) is 5. The maximum atomic E-state index is 11.8. The van der Waals surface area contributed by atoms with Crippen molar-refractivity contribution < 1.29 is 49.3 Å². The minimum Gasteiger partial charge on any atom is -0.480 e. The fourth-order valence-electron chi connectivity index (χ4n) is 6.10. The highest BCUT2D eigenvalue weighted by Gasteiger charge is 2.60. The maximum absolute atomic E-state index is 11.8. The van der Waals surface area contributed by atoms with E-state index in [-0.39, 0.29) is 42.3 Å². The molecule has 4 rings (SSSR count). The monoisotopic (exact) mass is 705 g/mol. The Hall–Kier alpha value is -4.61. The van der Waals surface area contributed by atoms with E-state index in [1.54, 1.807) is 0 Å². The molecule has 0 saturated heterocycles. The third kappa shape index (κ3) is 6.80. The Morgan fingerprint density at radius 3 is 2.09 bits per heavy atom. The first-order chi connectivity index (χ1) is 21.6. The van der Waals surface area contributed by atoms with Crippen LogP contribution in [0.5, 0.6) is 5.75 Å². The molecule has 0 aromatic heterocycles. The lowest BCUT2D eigenvalue weighted by Crippen LogP contribution is -2.63. The van der Waals surface area contributed by atoms with Crippen molar-refractivity contribution in [3.8, 4) is 5.75 Å². The van der Waals surface area contributed by atoms with E-state index in [0.717, 1.165) is 16.0 Å². The summed E-state index contributed by atoms with van der Waals surface area (Å²) in [5, 5.41) is 49.9. The Labute approximate surface area is 270 Å². The second-order valence-corrected chi connectivity index (χ2v) is 12.0. The third-order valence-corrected chi connectivity index (χ3v) is 8.54. The summed E-state index contributed by atoms with van der Waals surface area (Å²) >= 11 is 3.54. The van der Waals surface area contributed by atoms with Crippen molar-refractivity contribution in [1.82, 2.24) is 9.80 Å². The number of hydrogen-bond donors (Lipinski definition) is 4. The SMILES string of the molecule is CC1(C)c2c(CBr)cccc2N(CCN(CC(=O)O)CC(=O)O)C12C=Nc1cc([N+](=O)[O-])cc(CN(CC(=O)O)CC(=O)O)c1O2. The number of nitro benzene ring substituents is 1. The molecule has 2 heterocycles. The number of carboxylic acids is 4. The second-order valence-electron chi connectivity index (χ2n) is 11.4. The molecule has 1 unspecified atom stereocenters. The van der Waals surface area contributed by atoms with Crippen molar-refractivity contribution in [1.29, 1.82) is 0 Å². The van der Waals surface area contributed by atoms with Gasteiger partial charge in [0.05, 0.1) is 42.7 Å². The van der Waals surface area contributed by atoms with E-state index in [4.69, 9.17) is 4.74 Å². The lowest BCUT2D eigenvalue weighted by Gasteiger charge is -2.47. The van der Waals surface area contributed by atoms with Crippen molar-refractivity contribution in [3.05, 3.63) is 57.1 Å². The van der Waals surface area contributed by atoms with Gasteiger partial charge in [0.25, 0.3) is 5.69 Å². The molecule has 46 heavy (non-hydrogen) atoms. The number of aliphatic imine (C=N–C) groups is 1. The van der Waals surface area contributed by atoms with Gasteiger partial charge in [-0.05, 0) is 31.0 Å². The van der Waals surface area contributed by atoms with Crippen molar-refractivity contribution in [2.24, 2.45) is 4.99 Å². The van der Waals surface area contributed by atoms with E-state index in [2.05, 4.69) is 20.9 Å². The molecule has 1 spiro atoms. The second kappa shape index (κ2) is 13.4. The number of rotatable bonds is 15. The highest BCUT2D eigenvalue weighted by Crippen LogP contribution is 2.56. The molecule has 2 aromatic carbocycles. The average molecular weight is 707 g/mol. The zero-order chi connectivity index (χ0) is 34.0. The molecule has 2 aliphatic rings. The quantitative estimate of drug-likeness (QED) is 0.119. The van der Waals surface area contributed by atoms with E-state index in [1.165, 1.54) is 23.2 Å². The fraction of sp³-hybridized carbons (Fsp3) is 0.414. The van der Waals surface area contributed by atoms with Crippen LogP contribution in [-0.4, -0.2) is 110 Å². The van der Waals surface area contributed by atoms with E-state index in [9.17, 15) is 49.7 Å². The predicted molar refractivity (Wildman–Crippen MR) is 166 cm³/mol. The number of fused-ring (bicyclic) bond motifs is 2. The number of ether oxygens (including phenoxy) is 1. The van der Waals surface area contributed by atoms with Crippen LogP contribution in [0.4, 0.5) is 17.1 Å². The largest absolute Gasteiger partial charge is 0.480 e. The lowest BCUT2D eigenvalue weighted by molar-refractivity contribution is -0.384. The summed E-state index contributed by atoms with van der Waals surface area (Å²) in [6.07, 6.45) is 1.51. The van der Waals surface area contributed by atoms with Gasteiger partial charge in [-0.25, -0.2) is 0 Å². The molecule has 4 N–H and O–H groups in total. The van der Waals surface area contributed by atoms with E-state index < -0.39 is 66.1 Å². The van der Waals surface area contributed by atoms with Crippen LogP contribution >= 0.6 is 15.9 Å². The highest BCUT2D eigenvalue weighted by atomic mass is 79.9. The van der Waals surface area contributed by atoms with E-state index in [1.807, 2.05) is 36.9 Å². The Morgan fingerprint density at radius 1 is 0.957 bits per heavy atom. The molecular weight excluding hydrogens is 674 g/mol. The van der Waals surface area contributed by atoms with Crippen molar-refractivity contribution in [3.63, 3.8) is 0 Å². The lowest BCUT2D eigenvalue weighted by atomic mass is 9.76. The first-order valence-electron chi connectivity index (χ1n) is 13.9. The Balaban J connectivity index is 1.87. The molecule has 17 heteroatoms. The number of nitro groups is 1. The highest BCUT2D eigenvalue weighted by molar-refractivity contribution is 9.08. The summed E-state index contributed by atoms with van der Waals surface area (Å²) < 4.78 is 6.83. The standard InChI is InChI=1S/C29H32BrN5O11/c1-28(2)26-17(10-30)4-3-5-21(26)34(7-6-32(12-22(36)37)13-23(38)39)29(28)16-31-20-9-19(35(44)45)8-18(27(20)46-29)11-33(14-24(40)41)15-25(42)43/h3-5,8-9,16H,6-7,10-15H2,1-2H3,(H,36,37)(H,38,39)(H,40,41)(H,42,43). The topological polar surface area (TPSA) is 224 Å². The van der Waals surface area contributed by atoms with Gasteiger partial charge in [-0.15, -0.1) is 0 Å². The molecule has 0 amide bonds. The summed E-state index contributed by atoms with van der Waals surface area (Å²) in [6, 6.07) is 8.00. The number of non-ortho nitro benzene ring substituents is 1. The van der Waals surface area contributed by atoms with Crippen LogP contribution in [0.15, 0.2) is 35.3 Å². The van der Waals surface area contributed by atoms with Gasteiger partial charge in [-0.3, -0.25) is 44.1 Å². The molecule has 2 aromatic rings. The molecule has 0 saturated carbocycles. The van der Waals surface area contributed by atoms with Gasteiger partial charge in [-0.2, -0.15) is 0 Å². The predicted octanol–water partition coefficient (Wildman–Crippen LogP) is 2.52. The smallest absolute Gasteiger partial charge is 0.317 e. The average Bonchev–Trinajstić information content (AvgIpc) is 3.12. The van der Waals surface area contributed by atoms with Crippen LogP contribution in [-0.2, 0) is 36.5 Å². The summed E-state index contributed by atoms with van der Waals surface area (Å²) in [7, 11) is 0. The summed E-state index contributed by atoms with van der Waals surface area (Å²) in [6.45, 7) is 1.17. The van der Waals surface area contributed by atoms with Crippen LogP contribution in [0.1, 0.15) is 30.5 Å². The Morgan fingerprint density at radius 2 is 1.54 bits per heavy atom. The van der Waals surface area contributed by atoms with Crippen LogP contribution in [0.25, 0.3) is 0 Å². The van der Waals surface area contributed by atoms with Gasteiger partial charge in [-0.1, -0.05) is 28.1 Å². The molecule has 1 atom stereocenters. The van der Waals surface area contributed by atoms with Crippen LogP contribution in [0.3, 0.4) is 0 Å². The number of benzene rings is 2. The van der Waals surface area contributed by atoms with Gasteiger partial charge in [0.15, 0.2) is 5.75 Å². The number of alkyl halides is 1. The first kappa shape index (κ1) is 34.3. The van der Waals surface area contributed by atoms with Crippen LogP contribution in [0, 0.1) is 10.1 Å². The molecule has 246 valence electrons. The molecule has 0 aliphatic carbocycles. The van der Waals surface area contributed by atoms with Crippen LogP contribution < -0.4 is 9.64 Å². The number of aliphatic carboxylic acids is 4. The fourth-order valence-corrected chi connectivity index (χ4v) is 6.57. The van der Waals surface area contributed by atoms with Crippen molar-refractivity contribution in [2.45, 2.75) is 36.9 Å².